The van der Waals surface area contributed by atoms with Gasteiger partial charge < -0.3 is 4.57 Å². The van der Waals surface area contributed by atoms with E-state index in [9.17, 15) is 0 Å². The van der Waals surface area contributed by atoms with Crippen molar-refractivity contribution in [2.75, 3.05) is 0 Å². The maximum absolute atomic E-state index is 2.40. The molecule has 0 bridgehead atoms. The summed E-state index contributed by atoms with van der Waals surface area (Å²) in [5.41, 5.74) is 4.13. The summed E-state index contributed by atoms with van der Waals surface area (Å²) in [7, 11) is 0. The molecule has 0 N–H and O–H groups in total. The van der Waals surface area contributed by atoms with Crippen LogP contribution in [0.1, 0.15) is 5.69 Å². The number of hydrogen-bond acceptors (Lipinski definition) is 1. The van der Waals surface area contributed by atoms with Crippen LogP contribution in [0.2, 0.25) is 0 Å². The third-order valence-corrected chi connectivity index (χ3v) is 3.55. The van der Waals surface area contributed by atoms with E-state index in [1.807, 2.05) is 11.8 Å². The number of thioether (sulfide) groups is 1. The van der Waals surface area contributed by atoms with Crippen molar-refractivity contribution >= 4 is 11.8 Å². The Bertz CT molecular complexity index is 445. The lowest BCUT2D eigenvalue weighted by atomic mass is 10.1. The molecule has 1 aliphatic heterocycles. The number of nitrogens with zero attached hydrogens (tertiary/aromatic N) is 1. The van der Waals surface area contributed by atoms with Crippen molar-refractivity contribution in [2.24, 2.45) is 0 Å². The number of benzene rings is 1. The van der Waals surface area contributed by atoms with Gasteiger partial charge in [-0.1, -0.05) is 30.3 Å². The summed E-state index contributed by atoms with van der Waals surface area (Å²) in [5, 5.41) is 0. The molecule has 3 rings (SSSR count). The Kier molecular flexibility index (Phi) is 1.88. The van der Waals surface area contributed by atoms with E-state index in [0.717, 1.165) is 11.6 Å². The van der Waals surface area contributed by atoms with Crippen LogP contribution in [0, 0.1) is 0 Å². The van der Waals surface area contributed by atoms with Gasteiger partial charge in [0, 0.05) is 17.1 Å². The van der Waals surface area contributed by atoms with E-state index in [1.165, 1.54) is 17.0 Å². The molecule has 14 heavy (non-hydrogen) atoms. The molecule has 70 valence electrons. The molecule has 0 saturated heterocycles. The van der Waals surface area contributed by atoms with E-state index in [0.29, 0.717) is 0 Å². The number of hydrogen-bond donors (Lipinski definition) is 0. The van der Waals surface area contributed by atoms with Crippen LogP contribution in [0.3, 0.4) is 0 Å². The zero-order valence-electron chi connectivity index (χ0n) is 7.81. The molecule has 0 unspecified atom stereocenters. The highest BCUT2D eigenvalue weighted by Gasteiger charge is 2.14. The van der Waals surface area contributed by atoms with Crippen molar-refractivity contribution in [1.29, 1.82) is 0 Å². The topological polar surface area (TPSA) is 4.93 Å². The van der Waals surface area contributed by atoms with Crippen LogP contribution in [0.4, 0.5) is 0 Å². The van der Waals surface area contributed by atoms with Crippen molar-refractivity contribution in [3.8, 4) is 11.3 Å². The molecule has 2 heteroatoms. The molecule has 0 amide bonds. The fourth-order valence-electron chi connectivity index (χ4n) is 1.89. The monoisotopic (exact) mass is 201 g/mol. The molecular weight excluding hydrogens is 190 g/mol. The second kappa shape index (κ2) is 3.21. The molecule has 2 aromatic rings. The lowest BCUT2D eigenvalue weighted by molar-refractivity contribution is 0.897. The molecule has 0 atom stereocenters. The summed E-state index contributed by atoms with van der Waals surface area (Å²) in [6.45, 7) is 0. The Morgan fingerprint density at radius 2 is 1.86 bits per heavy atom. The molecule has 1 aromatic heterocycles. The average Bonchev–Trinajstić information content (AvgIpc) is 2.79. The van der Waals surface area contributed by atoms with Crippen LogP contribution in [0.15, 0.2) is 42.5 Å². The Hall–Kier alpha value is -1.15. The molecule has 0 saturated carbocycles. The molecule has 2 heterocycles. The van der Waals surface area contributed by atoms with Gasteiger partial charge >= 0.3 is 0 Å². The first-order valence-corrected chi connectivity index (χ1v) is 5.92. The van der Waals surface area contributed by atoms with Gasteiger partial charge in [0.15, 0.2) is 0 Å². The highest BCUT2D eigenvalue weighted by atomic mass is 32.2. The van der Waals surface area contributed by atoms with Gasteiger partial charge in [0.2, 0.25) is 0 Å². The molecule has 1 aliphatic rings. The van der Waals surface area contributed by atoms with Crippen LogP contribution in [-0.4, -0.2) is 4.57 Å². The second-order valence-corrected chi connectivity index (χ2v) is 4.44. The third-order valence-electron chi connectivity index (χ3n) is 2.61. The van der Waals surface area contributed by atoms with Gasteiger partial charge in [-0.25, -0.2) is 0 Å². The van der Waals surface area contributed by atoms with Crippen LogP contribution in [0.5, 0.6) is 0 Å². The third kappa shape index (κ3) is 1.18. The van der Waals surface area contributed by atoms with Crippen molar-refractivity contribution in [3.05, 3.63) is 48.2 Å². The summed E-state index contributed by atoms with van der Waals surface area (Å²) in [6.07, 6.45) is 0. The summed E-state index contributed by atoms with van der Waals surface area (Å²) in [4.78, 5) is 0. The van der Waals surface area contributed by atoms with E-state index >= 15 is 0 Å². The second-order valence-electron chi connectivity index (χ2n) is 3.48. The minimum Gasteiger partial charge on any atom is -0.334 e. The zero-order chi connectivity index (χ0) is 9.38. The first-order chi connectivity index (χ1) is 6.95. The summed E-state index contributed by atoms with van der Waals surface area (Å²) >= 11 is 1.98. The minimum absolute atomic E-state index is 1.10. The van der Waals surface area contributed by atoms with Crippen molar-refractivity contribution < 1.29 is 0 Å². The predicted molar refractivity (Wildman–Crippen MR) is 61.2 cm³/mol. The van der Waals surface area contributed by atoms with E-state index in [2.05, 4.69) is 47.0 Å². The Balaban J connectivity index is 2.13. The maximum Gasteiger partial charge on any atom is 0.0689 e. The fourth-order valence-corrected chi connectivity index (χ4v) is 2.93. The van der Waals surface area contributed by atoms with Gasteiger partial charge in [-0.3, -0.25) is 0 Å². The normalized spacial score (nSPS) is 14.3. The number of rotatable bonds is 1. The Labute approximate surface area is 87.8 Å². The minimum atomic E-state index is 1.10. The van der Waals surface area contributed by atoms with Crippen molar-refractivity contribution in [1.82, 2.24) is 4.57 Å². The van der Waals surface area contributed by atoms with Crippen molar-refractivity contribution in [3.63, 3.8) is 0 Å². The first kappa shape index (κ1) is 8.18. The van der Waals surface area contributed by atoms with E-state index < -0.39 is 0 Å². The van der Waals surface area contributed by atoms with Crippen LogP contribution < -0.4 is 0 Å². The smallest absolute Gasteiger partial charge is 0.0689 e. The van der Waals surface area contributed by atoms with Crippen LogP contribution in [-0.2, 0) is 11.6 Å². The highest BCUT2D eigenvalue weighted by molar-refractivity contribution is 7.97. The lowest BCUT2D eigenvalue weighted by Crippen LogP contribution is -1.93. The van der Waals surface area contributed by atoms with Crippen LogP contribution in [0.25, 0.3) is 11.3 Å². The highest BCUT2D eigenvalue weighted by Crippen LogP contribution is 2.31. The average molecular weight is 201 g/mol. The Morgan fingerprint density at radius 3 is 2.71 bits per heavy atom. The standard InChI is InChI=1S/C12H11NS/c1-2-4-10(5-3-1)12-7-6-11-8-14-9-13(11)12/h1-7H,8-9H2. The number of fused-ring (bicyclic) bond motifs is 1. The molecule has 1 nitrogen and oxygen atoms in total. The molecule has 0 aliphatic carbocycles. The van der Waals surface area contributed by atoms with Crippen molar-refractivity contribution in [2.45, 2.75) is 11.6 Å². The van der Waals surface area contributed by atoms with E-state index in [-0.39, 0.29) is 0 Å². The first-order valence-electron chi connectivity index (χ1n) is 4.77. The zero-order valence-corrected chi connectivity index (χ0v) is 8.63. The molecule has 1 aromatic carbocycles. The quantitative estimate of drug-likeness (QED) is 0.685. The van der Waals surface area contributed by atoms with Crippen LogP contribution >= 0.6 is 11.8 Å². The molecule has 0 radical (unpaired) electrons. The molecular formula is C12H11NS. The van der Waals surface area contributed by atoms with Gasteiger partial charge in [0.05, 0.1) is 5.88 Å². The largest absolute Gasteiger partial charge is 0.334 e. The van der Waals surface area contributed by atoms with Gasteiger partial charge in [-0.2, -0.15) is 0 Å². The SMILES string of the molecule is c1ccc(-c2ccc3n2CSC3)cc1. The summed E-state index contributed by atoms with van der Waals surface area (Å²) in [5.74, 6) is 2.26. The van der Waals surface area contributed by atoms with Gasteiger partial charge in [0.1, 0.15) is 0 Å². The Morgan fingerprint density at radius 1 is 1.00 bits per heavy atom. The van der Waals surface area contributed by atoms with E-state index in [4.69, 9.17) is 0 Å². The predicted octanol–water partition coefficient (Wildman–Crippen LogP) is 3.36. The number of aromatic nitrogens is 1. The molecule has 0 fully saturated rings. The lowest BCUT2D eigenvalue weighted by Gasteiger charge is -2.04. The molecule has 0 spiro atoms. The fraction of sp³-hybridized carbons (Fsp3) is 0.167. The van der Waals surface area contributed by atoms with Gasteiger partial charge in [-0.05, 0) is 17.7 Å². The van der Waals surface area contributed by atoms with Gasteiger partial charge in [0.25, 0.3) is 0 Å². The van der Waals surface area contributed by atoms with Gasteiger partial charge in [-0.15, -0.1) is 11.8 Å². The maximum atomic E-state index is 2.40. The van der Waals surface area contributed by atoms with E-state index in [1.54, 1.807) is 0 Å². The summed E-state index contributed by atoms with van der Waals surface area (Å²) < 4.78 is 2.40. The summed E-state index contributed by atoms with van der Waals surface area (Å²) in [6, 6.07) is 15.1.